The van der Waals surface area contributed by atoms with E-state index >= 15 is 0 Å². The van der Waals surface area contributed by atoms with Gasteiger partial charge in [0.25, 0.3) is 0 Å². The van der Waals surface area contributed by atoms with Gasteiger partial charge < -0.3 is 5.32 Å². The number of nitrogens with one attached hydrogen (secondary N) is 1. The number of carbonyl (C=O) groups is 1. The molecule has 19 heavy (non-hydrogen) atoms. The zero-order chi connectivity index (χ0) is 13.5. The van der Waals surface area contributed by atoms with Gasteiger partial charge in [-0.2, -0.15) is 0 Å². The SMILES string of the molecule is C=CCNC(=O)CCc1csc(-c2ccccn2)n1. The van der Waals surface area contributed by atoms with Crippen LogP contribution >= 0.6 is 11.3 Å². The van der Waals surface area contributed by atoms with Crippen LogP contribution < -0.4 is 5.32 Å². The average molecular weight is 273 g/mol. The van der Waals surface area contributed by atoms with E-state index in [0.29, 0.717) is 19.4 Å². The average Bonchev–Trinajstić information content (AvgIpc) is 2.93. The molecule has 2 heterocycles. The van der Waals surface area contributed by atoms with Crippen molar-refractivity contribution in [3.8, 4) is 10.7 Å². The minimum atomic E-state index is 0.0206. The van der Waals surface area contributed by atoms with Gasteiger partial charge in [-0.15, -0.1) is 17.9 Å². The Morgan fingerprint density at radius 1 is 1.47 bits per heavy atom. The molecule has 4 nitrogen and oxygen atoms in total. The van der Waals surface area contributed by atoms with E-state index in [4.69, 9.17) is 0 Å². The highest BCUT2D eigenvalue weighted by atomic mass is 32.1. The number of carbonyl (C=O) groups excluding carboxylic acids is 1. The number of hydrogen-bond acceptors (Lipinski definition) is 4. The molecular weight excluding hydrogens is 258 g/mol. The van der Waals surface area contributed by atoms with Crippen LogP contribution in [0.3, 0.4) is 0 Å². The van der Waals surface area contributed by atoms with Gasteiger partial charge in [-0.1, -0.05) is 12.1 Å². The van der Waals surface area contributed by atoms with Gasteiger partial charge in [0.2, 0.25) is 5.91 Å². The first-order valence-corrected chi connectivity index (χ1v) is 6.91. The predicted octanol–water partition coefficient (Wildman–Crippen LogP) is 2.44. The molecule has 0 bridgehead atoms. The summed E-state index contributed by atoms with van der Waals surface area (Å²) in [7, 11) is 0. The third kappa shape index (κ3) is 3.99. The van der Waals surface area contributed by atoms with E-state index in [9.17, 15) is 4.79 Å². The molecule has 0 saturated carbocycles. The largest absolute Gasteiger partial charge is 0.353 e. The molecule has 0 atom stereocenters. The number of pyridine rings is 1. The summed E-state index contributed by atoms with van der Waals surface area (Å²) in [5.74, 6) is 0.0206. The summed E-state index contributed by atoms with van der Waals surface area (Å²) in [6.45, 7) is 4.06. The number of amides is 1. The second-order valence-corrected chi connectivity index (χ2v) is 4.81. The lowest BCUT2D eigenvalue weighted by atomic mass is 10.2. The minimum absolute atomic E-state index is 0.0206. The van der Waals surface area contributed by atoms with Crippen LogP contribution in [0.1, 0.15) is 12.1 Å². The van der Waals surface area contributed by atoms with Gasteiger partial charge in [-0.05, 0) is 18.6 Å². The van der Waals surface area contributed by atoms with Crippen molar-refractivity contribution >= 4 is 17.2 Å². The van der Waals surface area contributed by atoms with Gasteiger partial charge in [0, 0.05) is 24.5 Å². The molecule has 2 aromatic heterocycles. The molecule has 0 aliphatic heterocycles. The highest BCUT2D eigenvalue weighted by molar-refractivity contribution is 7.13. The Morgan fingerprint density at radius 2 is 2.37 bits per heavy atom. The lowest BCUT2D eigenvalue weighted by molar-refractivity contribution is -0.120. The quantitative estimate of drug-likeness (QED) is 0.822. The van der Waals surface area contributed by atoms with Crippen LogP contribution in [0.4, 0.5) is 0 Å². The lowest BCUT2D eigenvalue weighted by Gasteiger charge is -2.00. The van der Waals surface area contributed by atoms with E-state index in [1.165, 1.54) is 0 Å². The standard InChI is InChI=1S/C14H15N3OS/c1-2-8-16-13(18)7-6-11-10-19-14(17-11)12-5-3-4-9-15-12/h2-5,9-10H,1,6-8H2,(H,16,18). The summed E-state index contributed by atoms with van der Waals surface area (Å²) in [5.41, 5.74) is 1.80. The maximum atomic E-state index is 11.5. The zero-order valence-electron chi connectivity index (χ0n) is 10.5. The van der Waals surface area contributed by atoms with Crippen molar-refractivity contribution in [3.63, 3.8) is 0 Å². The van der Waals surface area contributed by atoms with E-state index in [1.54, 1.807) is 23.6 Å². The van der Waals surface area contributed by atoms with Crippen molar-refractivity contribution in [2.45, 2.75) is 12.8 Å². The number of hydrogen-bond donors (Lipinski definition) is 1. The lowest BCUT2D eigenvalue weighted by Crippen LogP contribution is -2.23. The van der Waals surface area contributed by atoms with Crippen molar-refractivity contribution in [2.24, 2.45) is 0 Å². The molecule has 2 rings (SSSR count). The Balaban J connectivity index is 1.91. The van der Waals surface area contributed by atoms with Crippen molar-refractivity contribution in [1.29, 1.82) is 0 Å². The molecule has 0 unspecified atom stereocenters. The Hall–Kier alpha value is -2.01. The molecule has 1 N–H and O–H groups in total. The van der Waals surface area contributed by atoms with E-state index in [0.717, 1.165) is 16.4 Å². The first-order valence-electron chi connectivity index (χ1n) is 6.03. The molecule has 0 fully saturated rings. The normalized spacial score (nSPS) is 10.1. The summed E-state index contributed by atoms with van der Waals surface area (Å²) >= 11 is 1.55. The van der Waals surface area contributed by atoms with E-state index in [1.807, 2.05) is 23.6 Å². The molecule has 2 aromatic rings. The molecule has 0 spiro atoms. The maximum Gasteiger partial charge on any atom is 0.220 e. The molecule has 0 aliphatic carbocycles. The maximum absolute atomic E-state index is 11.5. The fraction of sp³-hybridized carbons (Fsp3) is 0.214. The van der Waals surface area contributed by atoms with Gasteiger partial charge in [0.05, 0.1) is 11.4 Å². The van der Waals surface area contributed by atoms with Gasteiger partial charge in [0.1, 0.15) is 5.01 Å². The Morgan fingerprint density at radius 3 is 3.11 bits per heavy atom. The number of aromatic nitrogens is 2. The highest BCUT2D eigenvalue weighted by Crippen LogP contribution is 2.21. The summed E-state index contributed by atoms with van der Waals surface area (Å²) in [4.78, 5) is 20.2. The molecule has 0 aliphatic rings. The number of nitrogens with zero attached hydrogens (tertiary/aromatic N) is 2. The van der Waals surface area contributed by atoms with Crippen LogP contribution in [0.2, 0.25) is 0 Å². The Labute approximate surface area is 116 Å². The fourth-order valence-corrected chi connectivity index (χ4v) is 2.37. The monoisotopic (exact) mass is 273 g/mol. The molecule has 0 saturated heterocycles. The molecule has 98 valence electrons. The van der Waals surface area contributed by atoms with E-state index < -0.39 is 0 Å². The van der Waals surface area contributed by atoms with Gasteiger partial charge in [-0.3, -0.25) is 9.78 Å². The van der Waals surface area contributed by atoms with Gasteiger partial charge in [0.15, 0.2) is 0 Å². The van der Waals surface area contributed by atoms with E-state index in [2.05, 4.69) is 21.9 Å². The predicted molar refractivity (Wildman–Crippen MR) is 76.9 cm³/mol. The molecule has 5 heteroatoms. The Bertz CT molecular complexity index is 551. The van der Waals surface area contributed by atoms with E-state index in [-0.39, 0.29) is 5.91 Å². The zero-order valence-corrected chi connectivity index (χ0v) is 11.3. The second-order valence-electron chi connectivity index (χ2n) is 3.95. The Kier molecular flexibility index (Phi) is 4.80. The second kappa shape index (κ2) is 6.80. The molecular formula is C14H15N3OS. The van der Waals surface area contributed by atoms with Crippen LogP contribution in [0.5, 0.6) is 0 Å². The fourth-order valence-electron chi connectivity index (χ4n) is 1.54. The molecule has 0 aromatic carbocycles. The van der Waals surface area contributed by atoms with Crippen LogP contribution in [0, 0.1) is 0 Å². The van der Waals surface area contributed by atoms with Crippen LogP contribution in [0.25, 0.3) is 10.7 Å². The van der Waals surface area contributed by atoms with Gasteiger partial charge >= 0.3 is 0 Å². The van der Waals surface area contributed by atoms with Gasteiger partial charge in [-0.25, -0.2) is 4.98 Å². The highest BCUT2D eigenvalue weighted by Gasteiger charge is 2.07. The number of rotatable bonds is 6. The third-order valence-electron chi connectivity index (χ3n) is 2.49. The smallest absolute Gasteiger partial charge is 0.220 e. The molecule has 0 radical (unpaired) electrons. The van der Waals surface area contributed by atoms with Crippen molar-refractivity contribution in [2.75, 3.05) is 6.54 Å². The summed E-state index contributed by atoms with van der Waals surface area (Å²) in [6, 6.07) is 5.74. The van der Waals surface area contributed by atoms with Crippen LogP contribution in [-0.2, 0) is 11.2 Å². The topological polar surface area (TPSA) is 54.9 Å². The van der Waals surface area contributed by atoms with Crippen molar-refractivity contribution in [1.82, 2.24) is 15.3 Å². The first kappa shape index (κ1) is 13.4. The number of aryl methyl sites for hydroxylation is 1. The summed E-state index contributed by atoms with van der Waals surface area (Å²) < 4.78 is 0. The summed E-state index contributed by atoms with van der Waals surface area (Å²) in [5, 5.41) is 5.62. The number of thiazole rings is 1. The third-order valence-corrected chi connectivity index (χ3v) is 3.40. The molecule has 1 amide bonds. The summed E-state index contributed by atoms with van der Waals surface area (Å²) in [6.07, 6.45) is 4.50. The minimum Gasteiger partial charge on any atom is -0.353 e. The van der Waals surface area contributed by atoms with Crippen LogP contribution in [-0.4, -0.2) is 22.4 Å². The van der Waals surface area contributed by atoms with Crippen molar-refractivity contribution < 1.29 is 4.79 Å². The van der Waals surface area contributed by atoms with Crippen molar-refractivity contribution in [3.05, 3.63) is 48.1 Å². The first-order chi connectivity index (χ1) is 9.29. The van der Waals surface area contributed by atoms with Crippen LogP contribution in [0.15, 0.2) is 42.4 Å².